The monoisotopic (exact) mass is 435 g/mol. The van der Waals surface area contributed by atoms with Crippen molar-refractivity contribution in [1.29, 1.82) is 0 Å². The average Bonchev–Trinajstić information content (AvgIpc) is 3.51. The van der Waals surface area contributed by atoms with Crippen LogP contribution in [-0.2, 0) is 13.0 Å². The molecule has 2 amide bonds. The molecule has 1 fully saturated rings. The first-order chi connectivity index (χ1) is 15.1. The molecule has 0 radical (unpaired) electrons. The van der Waals surface area contributed by atoms with Gasteiger partial charge in [0.15, 0.2) is 0 Å². The highest BCUT2D eigenvalue weighted by molar-refractivity contribution is 7.12. The molecule has 0 saturated carbocycles. The lowest BCUT2D eigenvalue weighted by molar-refractivity contribution is 0.0714. The van der Waals surface area contributed by atoms with E-state index >= 15 is 0 Å². The number of likely N-dealkylation sites (tertiary alicyclic amines) is 1. The largest absolute Gasteiger partial charge is 0.333 e. The summed E-state index contributed by atoms with van der Waals surface area (Å²) in [5.41, 5.74) is 1.39. The SMILES string of the molecule is O=C(c1cccs1)N1CCc2nc([C@@H]3CCCN3C(=O)c3ccccn3)[nH]c(=O)c2C1. The van der Waals surface area contributed by atoms with Crippen molar-refractivity contribution in [2.45, 2.75) is 31.8 Å². The number of carbonyl (C=O) groups excluding carboxylic acids is 2. The molecule has 0 unspecified atom stereocenters. The van der Waals surface area contributed by atoms with E-state index in [0.717, 1.165) is 12.8 Å². The zero-order chi connectivity index (χ0) is 21.4. The second-order valence-electron chi connectivity index (χ2n) is 7.70. The molecule has 2 aliphatic heterocycles. The Bertz CT molecular complexity index is 1180. The van der Waals surface area contributed by atoms with Gasteiger partial charge in [0.25, 0.3) is 17.4 Å². The number of fused-ring (bicyclic) bond motifs is 1. The fourth-order valence-corrected chi connectivity index (χ4v) is 4.95. The third kappa shape index (κ3) is 3.65. The average molecular weight is 436 g/mol. The first kappa shape index (κ1) is 19.6. The maximum atomic E-state index is 12.9. The standard InChI is InChI=1S/C22H21N5O3S/c28-20-14-13-26(22(30)18-7-4-12-31-18)11-8-15(14)24-19(25-20)17-6-3-10-27(17)21(29)16-5-1-2-9-23-16/h1-2,4-5,7,9,12,17H,3,6,8,10-11,13H2,(H,24,25,28)/t17-/m0/s1. The predicted octanol–water partition coefficient (Wildman–Crippen LogP) is 2.40. The Balaban J connectivity index is 1.40. The molecule has 1 atom stereocenters. The quantitative estimate of drug-likeness (QED) is 0.681. The minimum absolute atomic E-state index is 0.0629. The molecule has 158 valence electrons. The van der Waals surface area contributed by atoms with Crippen molar-refractivity contribution < 1.29 is 9.59 Å². The molecule has 8 nitrogen and oxygen atoms in total. The Labute approximate surface area is 182 Å². The molecular formula is C22H21N5O3S. The van der Waals surface area contributed by atoms with Crippen LogP contribution in [0.3, 0.4) is 0 Å². The van der Waals surface area contributed by atoms with Crippen LogP contribution >= 0.6 is 11.3 Å². The number of thiophene rings is 1. The first-order valence-corrected chi connectivity index (χ1v) is 11.2. The van der Waals surface area contributed by atoms with Crippen LogP contribution in [0.5, 0.6) is 0 Å². The van der Waals surface area contributed by atoms with E-state index in [-0.39, 0.29) is 30.0 Å². The van der Waals surface area contributed by atoms with E-state index in [1.807, 2.05) is 11.4 Å². The molecule has 9 heteroatoms. The van der Waals surface area contributed by atoms with E-state index in [0.29, 0.717) is 47.2 Å². The fraction of sp³-hybridized carbons (Fsp3) is 0.318. The molecule has 0 aliphatic carbocycles. The minimum Gasteiger partial charge on any atom is -0.333 e. The van der Waals surface area contributed by atoms with Crippen molar-refractivity contribution in [3.63, 3.8) is 0 Å². The van der Waals surface area contributed by atoms with Crippen LogP contribution in [0.2, 0.25) is 0 Å². The summed E-state index contributed by atoms with van der Waals surface area (Å²) in [5, 5.41) is 1.87. The van der Waals surface area contributed by atoms with Crippen LogP contribution < -0.4 is 5.56 Å². The highest BCUT2D eigenvalue weighted by Crippen LogP contribution is 2.31. The lowest BCUT2D eigenvalue weighted by Crippen LogP contribution is -2.40. The van der Waals surface area contributed by atoms with Crippen LogP contribution in [0.1, 0.15) is 56.1 Å². The second kappa shape index (κ2) is 8.07. The molecule has 0 spiro atoms. The molecule has 31 heavy (non-hydrogen) atoms. The first-order valence-electron chi connectivity index (χ1n) is 10.3. The Morgan fingerprint density at radius 1 is 1.13 bits per heavy atom. The van der Waals surface area contributed by atoms with Crippen molar-refractivity contribution in [3.05, 3.63) is 79.9 Å². The number of pyridine rings is 1. The van der Waals surface area contributed by atoms with Crippen molar-refractivity contribution >= 4 is 23.2 Å². The number of rotatable bonds is 3. The maximum absolute atomic E-state index is 12.9. The van der Waals surface area contributed by atoms with E-state index < -0.39 is 0 Å². The van der Waals surface area contributed by atoms with Crippen LogP contribution in [0.15, 0.2) is 46.7 Å². The van der Waals surface area contributed by atoms with Gasteiger partial charge >= 0.3 is 0 Å². The Morgan fingerprint density at radius 3 is 2.81 bits per heavy atom. The summed E-state index contributed by atoms with van der Waals surface area (Å²) in [5.74, 6) is 0.298. The molecule has 1 saturated heterocycles. The number of nitrogens with zero attached hydrogens (tertiary/aromatic N) is 4. The van der Waals surface area contributed by atoms with Crippen molar-refractivity contribution in [2.24, 2.45) is 0 Å². The number of hydrogen-bond donors (Lipinski definition) is 1. The van der Waals surface area contributed by atoms with Gasteiger partial charge in [0.1, 0.15) is 11.5 Å². The van der Waals surface area contributed by atoms with E-state index in [4.69, 9.17) is 4.98 Å². The summed E-state index contributed by atoms with van der Waals surface area (Å²) in [7, 11) is 0. The number of H-pyrrole nitrogens is 1. The van der Waals surface area contributed by atoms with Gasteiger partial charge < -0.3 is 14.8 Å². The van der Waals surface area contributed by atoms with Crippen molar-refractivity contribution in [2.75, 3.05) is 13.1 Å². The summed E-state index contributed by atoms with van der Waals surface area (Å²) in [6, 6.07) is 8.61. The lowest BCUT2D eigenvalue weighted by Gasteiger charge is -2.29. The van der Waals surface area contributed by atoms with Gasteiger partial charge in [-0.3, -0.25) is 19.4 Å². The van der Waals surface area contributed by atoms with Gasteiger partial charge in [-0.25, -0.2) is 4.98 Å². The third-order valence-electron chi connectivity index (χ3n) is 5.82. The van der Waals surface area contributed by atoms with E-state index in [1.54, 1.807) is 40.3 Å². The van der Waals surface area contributed by atoms with Gasteiger partial charge in [0, 0.05) is 25.7 Å². The topological polar surface area (TPSA) is 99.3 Å². The second-order valence-corrected chi connectivity index (χ2v) is 8.65. The van der Waals surface area contributed by atoms with Gasteiger partial charge in [-0.05, 0) is 36.4 Å². The van der Waals surface area contributed by atoms with Crippen LogP contribution in [0, 0.1) is 0 Å². The Hall–Kier alpha value is -3.33. The zero-order valence-corrected chi connectivity index (χ0v) is 17.6. The van der Waals surface area contributed by atoms with Gasteiger partial charge in [-0.15, -0.1) is 11.3 Å². The number of nitrogens with one attached hydrogen (secondary N) is 1. The molecule has 5 rings (SSSR count). The number of carbonyl (C=O) groups is 2. The normalized spacial score (nSPS) is 18.1. The fourth-order valence-electron chi connectivity index (χ4n) is 4.26. The Kier molecular flexibility index (Phi) is 5.11. The third-order valence-corrected chi connectivity index (χ3v) is 6.68. The molecule has 0 bridgehead atoms. The lowest BCUT2D eigenvalue weighted by atomic mass is 10.1. The predicted molar refractivity (Wildman–Crippen MR) is 115 cm³/mol. The van der Waals surface area contributed by atoms with Crippen LogP contribution in [0.25, 0.3) is 0 Å². The van der Waals surface area contributed by atoms with E-state index in [1.165, 1.54) is 11.3 Å². The van der Waals surface area contributed by atoms with Crippen LogP contribution in [-0.4, -0.2) is 49.7 Å². The molecule has 0 aromatic carbocycles. The summed E-state index contributed by atoms with van der Waals surface area (Å²) in [6.45, 7) is 1.36. The number of aromatic amines is 1. The minimum atomic E-state index is -0.279. The van der Waals surface area contributed by atoms with Gasteiger partial charge in [-0.2, -0.15) is 0 Å². The van der Waals surface area contributed by atoms with E-state index in [2.05, 4.69) is 9.97 Å². The number of hydrogen-bond acceptors (Lipinski definition) is 6. The van der Waals surface area contributed by atoms with E-state index in [9.17, 15) is 14.4 Å². The molecule has 1 N–H and O–H groups in total. The summed E-state index contributed by atoms with van der Waals surface area (Å²) < 4.78 is 0. The van der Waals surface area contributed by atoms with Gasteiger partial charge in [-0.1, -0.05) is 12.1 Å². The smallest absolute Gasteiger partial charge is 0.273 e. The Morgan fingerprint density at radius 2 is 2.03 bits per heavy atom. The zero-order valence-electron chi connectivity index (χ0n) is 16.8. The highest BCUT2D eigenvalue weighted by atomic mass is 32.1. The van der Waals surface area contributed by atoms with Crippen LogP contribution in [0.4, 0.5) is 0 Å². The van der Waals surface area contributed by atoms with Gasteiger partial charge in [0.05, 0.1) is 28.7 Å². The highest BCUT2D eigenvalue weighted by Gasteiger charge is 2.34. The van der Waals surface area contributed by atoms with Gasteiger partial charge in [0.2, 0.25) is 0 Å². The molecule has 3 aromatic heterocycles. The molecule has 3 aromatic rings. The van der Waals surface area contributed by atoms with Crippen molar-refractivity contribution in [3.8, 4) is 0 Å². The molecule has 2 aliphatic rings. The number of amides is 2. The summed E-state index contributed by atoms with van der Waals surface area (Å²) >= 11 is 1.40. The molecule has 5 heterocycles. The summed E-state index contributed by atoms with van der Waals surface area (Å²) in [4.78, 5) is 54.4. The maximum Gasteiger partial charge on any atom is 0.273 e. The van der Waals surface area contributed by atoms with Crippen molar-refractivity contribution in [1.82, 2.24) is 24.8 Å². The summed E-state index contributed by atoms with van der Waals surface area (Å²) in [6.07, 6.45) is 3.70. The molecular weight excluding hydrogens is 414 g/mol. The number of aromatic nitrogens is 3.